The minimum atomic E-state index is -1.13. The first-order valence-corrected chi connectivity index (χ1v) is 6.99. The van der Waals surface area contributed by atoms with E-state index in [1.54, 1.807) is 0 Å². The van der Waals surface area contributed by atoms with Gasteiger partial charge in [0.1, 0.15) is 6.04 Å². The molecule has 1 heterocycles. The molecule has 1 aliphatic rings. The molecule has 1 saturated heterocycles. The molecule has 7 nitrogen and oxygen atoms in total. The number of hydrogen-bond acceptors (Lipinski definition) is 4. The largest absolute Gasteiger partial charge is 0.465 e. The first-order valence-electron chi connectivity index (χ1n) is 6.99. The van der Waals surface area contributed by atoms with Gasteiger partial charge in [0.2, 0.25) is 0 Å². The van der Waals surface area contributed by atoms with E-state index in [4.69, 9.17) is 9.57 Å². The lowest BCUT2D eigenvalue weighted by molar-refractivity contribution is -0.173. The van der Waals surface area contributed by atoms with Gasteiger partial charge in [0.05, 0.1) is 26.4 Å². The lowest BCUT2D eigenvalue weighted by Crippen LogP contribution is -2.45. The Kier molecular flexibility index (Phi) is 5.35. The van der Waals surface area contributed by atoms with Crippen LogP contribution in [0.15, 0.2) is 30.3 Å². The van der Waals surface area contributed by atoms with Crippen molar-refractivity contribution in [1.29, 1.82) is 0 Å². The van der Waals surface area contributed by atoms with Crippen molar-refractivity contribution < 1.29 is 24.3 Å². The molecule has 1 fully saturated rings. The van der Waals surface area contributed by atoms with Crippen LogP contribution in [0.2, 0.25) is 0 Å². The highest BCUT2D eigenvalue weighted by Crippen LogP contribution is 2.23. The fraction of sp³-hybridized carbons (Fsp3) is 0.467. The average molecular weight is 308 g/mol. The Labute approximate surface area is 129 Å². The predicted octanol–water partition coefficient (Wildman–Crippen LogP) is 1.34. The van der Waals surface area contributed by atoms with Gasteiger partial charge in [-0.2, -0.15) is 0 Å². The highest BCUT2D eigenvalue weighted by atomic mass is 16.7. The molecule has 0 aromatic heterocycles. The molecule has 2 amide bonds. The molecule has 2 rings (SSSR count). The standard InChI is InChI=1S/C15H20N2O5/c1-16(21-2)14(18)13-8-12(9-17(13)15(19)20)22-10-11-6-4-3-5-7-11/h3-7,12-13H,8-10H2,1-2H3,(H,19,20). The first-order chi connectivity index (χ1) is 10.5. The number of benzene rings is 1. The normalized spacial score (nSPS) is 20.9. The van der Waals surface area contributed by atoms with Gasteiger partial charge in [0, 0.05) is 13.5 Å². The van der Waals surface area contributed by atoms with Crippen LogP contribution in [0.3, 0.4) is 0 Å². The number of nitrogens with zero attached hydrogens (tertiary/aromatic N) is 2. The van der Waals surface area contributed by atoms with Crippen LogP contribution in [0.5, 0.6) is 0 Å². The summed E-state index contributed by atoms with van der Waals surface area (Å²) in [6, 6.07) is 8.84. The summed E-state index contributed by atoms with van der Waals surface area (Å²) in [5.41, 5.74) is 1.01. The smallest absolute Gasteiger partial charge is 0.408 e. The van der Waals surface area contributed by atoms with E-state index in [9.17, 15) is 14.7 Å². The molecule has 1 aliphatic heterocycles. The van der Waals surface area contributed by atoms with Gasteiger partial charge in [-0.1, -0.05) is 30.3 Å². The molecule has 2 unspecified atom stereocenters. The number of rotatable bonds is 5. The third kappa shape index (κ3) is 3.75. The van der Waals surface area contributed by atoms with E-state index >= 15 is 0 Å². The summed E-state index contributed by atoms with van der Waals surface area (Å²) in [5, 5.41) is 10.3. The van der Waals surface area contributed by atoms with Crippen molar-refractivity contribution in [2.24, 2.45) is 0 Å². The van der Waals surface area contributed by atoms with Gasteiger partial charge in [-0.3, -0.25) is 14.5 Å². The van der Waals surface area contributed by atoms with Gasteiger partial charge in [-0.15, -0.1) is 0 Å². The zero-order valence-electron chi connectivity index (χ0n) is 12.6. The lowest BCUT2D eigenvalue weighted by Gasteiger charge is -2.23. The van der Waals surface area contributed by atoms with Crippen molar-refractivity contribution in [2.45, 2.75) is 25.2 Å². The second-order valence-corrected chi connectivity index (χ2v) is 5.12. The van der Waals surface area contributed by atoms with Gasteiger partial charge in [-0.05, 0) is 5.56 Å². The molecular weight excluding hydrogens is 288 g/mol. The van der Waals surface area contributed by atoms with E-state index in [1.165, 1.54) is 14.2 Å². The fourth-order valence-electron chi connectivity index (χ4n) is 2.45. The summed E-state index contributed by atoms with van der Waals surface area (Å²) in [7, 11) is 2.82. The van der Waals surface area contributed by atoms with E-state index in [0.717, 1.165) is 15.5 Å². The quantitative estimate of drug-likeness (QED) is 0.831. The summed E-state index contributed by atoms with van der Waals surface area (Å²) in [5.74, 6) is -0.393. The fourth-order valence-corrected chi connectivity index (χ4v) is 2.45. The number of carbonyl (C=O) groups is 2. The Morgan fingerprint density at radius 1 is 1.36 bits per heavy atom. The molecule has 1 aromatic rings. The van der Waals surface area contributed by atoms with Crippen LogP contribution in [0.25, 0.3) is 0 Å². The Hall–Kier alpha value is -2.12. The summed E-state index contributed by atoms with van der Waals surface area (Å²) in [6.45, 7) is 0.566. The van der Waals surface area contributed by atoms with Gasteiger partial charge >= 0.3 is 6.09 Å². The maximum absolute atomic E-state index is 12.2. The number of hydroxylamine groups is 2. The second kappa shape index (κ2) is 7.24. The molecule has 1 aromatic carbocycles. The SMILES string of the molecule is CON(C)C(=O)C1CC(OCc2ccccc2)CN1C(=O)O. The number of hydrogen-bond donors (Lipinski definition) is 1. The molecule has 7 heteroatoms. The van der Waals surface area contributed by atoms with Gasteiger partial charge < -0.3 is 9.84 Å². The summed E-state index contributed by atoms with van der Waals surface area (Å²) < 4.78 is 5.75. The molecule has 0 radical (unpaired) electrons. The van der Waals surface area contributed by atoms with Crippen molar-refractivity contribution in [3.63, 3.8) is 0 Å². The van der Waals surface area contributed by atoms with Crippen LogP contribution in [0, 0.1) is 0 Å². The Morgan fingerprint density at radius 3 is 2.64 bits per heavy atom. The molecule has 0 aliphatic carbocycles. The lowest BCUT2D eigenvalue weighted by atomic mass is 10.2. The Bertz CT molecular complexity index is 522. The third-order valence-corrected chi connectivity index (χ3v) is 3.71. The van der Waals surface area contributed by atoms with E-state index in [1.807, 2.05) is 30.3 Å². The zero-order valence-corrected chi connectivity index (χ0v) is 12.6. The Morgan fingerprint density at radius 2 is 2.05 bits per heavy atom. The highest BCUT2D eigenvalue weighted by molar-refractivity contribution is 5.85. The zero-order chi connectivity index (χ0) is 16.1. The summed E-state index contributed by atoms with van der Waals surface area (Å²) in [4.78, 5) is 29.4. The summed E-state index contributed by atoms with van der Waals surface area (Å²) >= 11 is 0. The molecule has 2 atom stereocenters. The van der Waals surface area contributed by atoms with Gasteiger partial charge in [-0.25, -0.2) is 9.86 Å². The molecule has 22 heavy (non-hydrogen) atoms. The monoisotopic (exact) mass is 308 g/mol. The Balaban J connectivity index is 1.98. The number of likely N-dealkylation sites (tertiary alicyclic amines) is 1. The van der Waals surface area contributed by atoms with Crippen molar-refractivity contribution in [3.8, 4) is 0 Å². The predicted molar refractivity (Wildman–Crippen MR) is 77.9 cm³/mol. The topological polar surface area (TPSA) is 79.3 Å². The molecule has 0 saturated carbocycles. The van der Waals surface area contributed by atoms with Crippen LogP contribution < -0.4 is 0 Å². The number of carbonyl (C=O) groups excluding carboxylic acids is 1. The van der Waals surface area contributed by atoms with E-state index in [-0.39, 0.29) is 12.6 Å². The van der Waals surface area contributed by atoms with E-state index in [0.29, 0.717) is 13.0 Å². The minimum Gasteiger partial charge on any atom is -0.465 e. The summed E-state index contributed by atoms with van der Waals surface area (Å²) in [6.07, 6.45) is -1.12. The van der Waals surface area contributed by atoms with Crippen LogP contribution in [0.4, 0.5) is 4.79 Å². The van der Waals surface area contributed by atoms with Crippen molar-refractivity contribution in [1.82, 2.24) is 9.96 Å². The molecule has 120 valence electrons. The number of carboxylic acid groups (broad SMARTS) is 1. The molecule has 0 bridgehead atoms. The molecular formula is C15H20N2O5. The number of amides is 2. The first kappa shape index (κ1) is 16.3. The van der Waals surface area contributed by atoms with Gasteiger partial charge in [0.25, 0.3) is 5.91 Å². The van der Waals surface area contributed by atoms with Crippen LogP contribution in [0.1, 0.15) is 12.0 Å². The maximum Gasteiger partial charge on any atom is 0.408 e. The van der Waals surface area contributed by atoms with Crippen molar-refractivity contribution in [3.05, 3.63) is 35.9 Å². The highest BCUT2D eigenvalue weighted by Gasteiger charge is 2.41. The van der Waals surface area contributed by atoms with Gasteiger partial charge in [0.15, 0.2) is 0 Å². The minimum absolute atomic E-state index is 0.177. The third-order valence-electron chi connectivity index (χ3n) is 3.71. The second-order valence-electron chi connectivity index (χ2n) is 5.12. The molecule has 0 spiro atoms. The van der Waals surface area contributed by atoms with Crippen molar-refractivity contribution >= 4 is 12.0 Å². The van der Waals surface area contributed by atoms with Crippen LogP contribution in [-0.4, -0.2) is 59.9 Å². The van der Waals surface area contributed by atoms with Crippen LogP contribution >= 0.6 is 0 Å². The van der Waals surface area contributed by atoms with Crippen molar-refractivity contribution in [2.75, 3.05) is 20.7 Å². The number of ether oxygens (including phenoxy) is 1. The average Bonchev–Trinajstić information content (AvgIpc) is 2.97. The van der Waals surface area contributed by atoms with E-state index in [2.05, 4.69) is 0 Å². The van der Waals surface area contributed by atoms with Crippen LogP contribution in [-0.2, 0) is 21.0 Å². The molecule has 1 N–H and O–H groups in total. The number of likely N-dealkylation sites (N-methyl/N-ethyl adjacent to an activating group) is 1. The maximum atomic E-state index is 12.2. The van der Waals surface area contributed by atoms with E-state index < -0.39 is 18.0 Å².